The summed E-state index contributed by atoms with van der Waals surface area (Å²) >= 11 is 0. The summed E-state index contributed by atoms with van der Waals surface area (Å²) in [5, 5.41) is 0. The number of carbonyl (C=O) groups is 1. The number of ether oxygens (including phenoxy) is 1. The molecule has 0 saturated heterocycles. The molecule has 28 atom stereocenters. The van der Waals surface area contributed by atoms with Crippen LogP contribution in [0.1, 0.15) is 77.2 Å². The number of rotatable bonds is 7. The monoisotopic (exact) mass is 740 g/mol. The van der Waals surface area contributed by atoms with E-state index < -0.39 is 0 Å². The summed E-state index contributed by atoms with van der Waals surface area (Å²) in [4.78, 5) is 13.3. The van der Waals surface area contributed by atoms with Crippen LogP contribution < -0.4 is 0 Å². The highest BCUT2D eigenvalue weighted by molar-refractivity contribution is 5.69. The molecule has 56 heavy (non-hydrogen) atoms. The number of hydrogen-bond donors (Lipinski definition) is 0. The Morgan fingerprint density at radius 2 is 1.39 bits per heavy atom. The van der Waals surface area contributed by atoms with Crippen molar-refractivity contribution in [2.45, 2.75) is 77.0 Å². The lowest BCUT2D eigenvalue weighted by Crippen LogP contribution is -2.58. The van der Waals surface area contributed by atoms with Crippen molar-refractivity contribution in [3.8, 4) is 0 Å². The lowest BCUT2D eigenvalue weighted by molar-refractivity contribution is -0.145. The highest BCUT2D eigenvalue weighted by atomic mass is 16.5. The van der Waals surface area contributed by atoms with Gasteiger partial charge in [0.05, 0.1) is 6.61 Å². The minimum atomic E-state index is 0.0482. The fourth-order valence-electron chi connectivity index (χ4n) is 26.0. The van der Waals surface area contributed by atoms with Gasteiger partial charge in [-0.1, -0.05) is 78.6 Å². The number of benzene rings is 1. The Balaban J connectivity index is 0.902. The molecule has 288 valence electrons. The molecule has 0 bridgehead atoms. The minimum absolute atomic E-state index is 0.0482. The zero-order valence-corrected chi connectivity index (χ0v) is 33.5. The second-order valence-electron chi connectivity index (χ2n) is 25.4. The molecule has 28 unspecified atom stereocenters. The molecule has 2 nitrogen and oxygen atoms in total. The Kier molecular flexibility index (Phi) is 4.74. The Hall–Kier alpha value is -2.09. The van der Waals surface area contributed by atoms with Gasteiger partial charge in [0.25, 0.3) is 0 Å². The van der Waals surface area contributed by atoms with Gasteiger partial charge in [-0.25, -0.2) is 0 Å². The highest BCUT2D eigenvalue weighted by Crippen LogP contribution is 2.97. The molecule has 0 aromatic heterocycles. The number of fused-ring (bicyclic) bond motifs is 1. The van der Waals surface area contributed by atoms with Gasteiger partial charge in [-0.15, -0.1) is 0 Å². The van der Waals surface area contributed by atoms with Crippen LogP contribution in [-0.4, -0.2) is 12.6 Å². The van der Waals surface area contributed by atoms with Crippen LogP contribution >= 0.6 is 0 Å². The summed E-state index contributed by atoms with van der Waals surface area (Å²) in [5.74, 6) is 26.8. The van der Waals surface area contributed by atoms with Crippen LogP contribution in [0, 0.1) is 165 Å². The van der Waals surface area contributed by atoms with E-state index in [1.807, 2.05) is 5.57 Å². The van der Waals surface area contributed by atoms with Crippen LogP contribution in [0.3, 0.4) is 0 Å². The van der Waals surface area contributed by atoms with Crippen molar-refractivity contribution in [2.75, 3.05) is 6.61 Å². The molecule has 0 heterocycles. The van der Waals surface area contributed by atoms with Gasteiger partial charge < -0.3 is 4.74 Å². The topological polar surface area (TPSA) is 26.3 Å². The number of esters is 1. The third-order valence-corrected chi connectivity index (χ3v) is 24.9. The van der Waals surface area contributed by atoms with Crippen LogP contribution in [0.25, 0.3) is 0 Å². The molecule has 1 spiro atoms. The molecule has 13 saturated carbocycles. The lowest BCUT2D eigenvalue weighted by atomic mass is 9.43. The Morgan fingerprint density at radius 1 is 0.696 bits per heavy atom. The van der Waals surface area contributed by atoms with Gasteiger partial charge in [-0.2, -0.15) is 0 Å². The van der Waals surface area contributed by atoms with Crippen molar-refractivity contribution in [1.29, 1.82) is 0 Å². The fourth-order valence-corrected chi connectivity index (χ4v) is 26.0. The average Bonchev–Trinajstić information content (AvgIpc) is 3.88. The van der Waals surface area contributed by atoms with E-state index in [-0.39, 0.29) is 16.8 Å². The normalized spacial score (nSPS) is 65.7. The van der Waals surface area contributed by atoms with E-state index in [1.165, 1.54) is 12.8 Å². The molecule has 0 amide bonds. The Labute approximate surface area is 333 Å². The van der Waals surface area contributed by atoms with Gasteiger partial charge in [0.2, 0.25) is 0 Å². The molecular weight excluding hydrogens is 681 g/mol. The van der Waals surface area contributed by atoms with Crippen molar-refractivity contribution in [2.24, 2.45) is 165 Å². The molecule has 17 aliphatic carbocycles. The molecule has 18 rings (SSSR count). The average molecular weight is 741 g/mol. The standard InChI is InChI=1S/C54H60O2/c1-20(2)19-56-30(55)9-6-10-53(28-7-4-3-5-8-28)52-29-17-26-15-23-13-24-12-21-11-22-14-25-16-27-18-54(52,53)51-37(27)42-36(25)41-32(22)31(21)39-35(24)40-33(23)34(26)43-38(29)50(51)49-47(42)45(41)44(39)46(40)48(43)49/h3-5,7-8,17-18,20,22-26,32-52H,6,9-16,19H2,1-2H3. The van der Waals surface area contributed by atoms with Gasteiger partial charge in [0.1, 0.15) is 0 Å². The van der Waals surface area contributed by atoms with E-state index >= 15 is 0 Å². The summed E-state index contributed by atoms with van der Waals surface area (Å²) in [6.45, 7) is 4.90. The molecule has 1 aromatic rings. The van der Waals surface area contributed by atoms with Crippen molar-refractivity contribution in [3.05, 3.63) is 70.3 Å². The highest BCUT2D eigenvalue weighted by Gasteiger charge is 2.93. The predicted octanol–water partition coefficient (Wildman–Crippen LogP) is 10.0. The van der Waals surface area contributed by atoms with E-state index in [4.69, 9.17) is 4.74 Å². The van der Waals surface area contributed by atoms with Crippen molar-refractivity contribution >= 4 is 5.97 Å². The van der Waals surface area contributed by atoms with Crippen LogP contribution in [0.5, 0.6) is 0 Å². The van der Waals surface area contributed by atoms with E-state index in [9.17, 15) is 4.79 Å². The minimum Gasteiger partial charge on any atom is -0.465 e. The molecule has 2 heteroatoms. The third kappa shape index (κ3) is 2.64. The first-order chi connectivity index (χ1) is 27.5. The predicted molar refractivity (Wildman–Crippen MR) is 212 cm³/mol. The molecule has 1 aromatic carbocycles. The quantitative estimate of drug-likeness (QED) is 0.206. The van der Waals surface area contributed by atoms with E-state index in [0.29, 0.717) is 24.9 Å². The van der Waals surface area contributed by atoms with Gasteiger partial charge in [0.15, 0.2) is 0 Å². The maximum absolute atomic E-state index is 13.3. The van der Waals surface area contributed by atoms with Crippen molar-refractivity contribution in [1.82, 2.24) is 0 Å². The number of allylic oxidation sites excluding steroid dienone is 6. The maximum Gasteiger partial charge on any atom is 0.305 e. The Bertz CT molecular complexity index is 2230. The smallest absolute Gasteiger partial charge is 0.305 e. The maximum atomic E-state index is 13.3. The van der Waals surface area contributed by atoms with Crippen molar-refractivity contribution in [3.63, 3.8) is 0 Å². The van der Waals surface area contributed by atoms with Crippen molar-refractivity contribution < 1.29 is 9.53 Å². The van der Waals surface area contributed by atoms with Gasteiger partial charge in [-0.05, 0) is 211 Å². The Morgan fingerprint density at radius 3 is 2.25 bits per heavy atom. The summed E-state index contributed by atoms with van der Waals surface area (Å²) in [6, 6.07) is 12.2. The molecule has 17 aliphatic rings. The van der Waals surface area contributed by atoms with Gasteiger partial charge in [0, 0.05) is 23.2 Å². The first kappa shape index (κ1) is 30.0. The van der Waals surface area contributed by atoms with Gasteiger partial charge in [-0.3, -0.25) is 4.79 Å². The summed E-state index contributed by atoms with van der Waals surface area (Å²) in [6.07, 6.45) is 18.4. The van der Waals surface area contributed by atoms with Crippen LogP contribution in [0.2, 0.25) is 0 Å². The first-order valence-corrected chi connectivity index (χ1v) is 24.9. The largest absolute Gasteiger partial charge is 0.465 e. The zero-order chi connectivity index (χ0) is 35.8. The second kappa shape index (κ2) is 8.85. The molecule has 0 radical (unpaired) electrons. The van der Waals surface area contributed by atoms with Gasteiger partial charge >= 0.3 is 5.97 Å². The summed E-state index contributed by atoms with van der Waals surface area (Å²) in [7, 11) is 0. The second-order valence-corrected chi connectivity index (χ2v) is 25.4. The fraction of sp³-hybridized carbons (Fsp3) is 0.759. The summed E-state index contributed by atoms with van der Waals surface area (Å²) in [5.41, 5.74) is 10.5. The lowest BCUT2D eigenvalue weighted by Gasteiger charge is -2.61. The molecule has 0 aliphatic heterocycles. The first-order valence-electron chi connectivity index (χ1n) is 24.9. The van der Waals surface area contributed by atoms with Crippen LogP contribution in [-0.2, 0) is 14.9 Å². The molecular formula is C54H60O2. The molecule has 13 fully saturated rings. The summed E-state index contributed by atoms with van der Waals surface area (Å²) < 4.78 is 5.86. The van der Waals surface area contributed by atoms with Crippen LogP contribution in [0.4, 0.5) is 0 Å². The van der Waals surface area contributed by atoms with E-state index in [0.717, 1.165) is 154 Å². The zero-order valence-electron chi connectivity index (χ0n) is 33.5. The van der Waals surface area contributed by atoms with Crippen LogP contribution in [0.15, 0.2) is 64.8 Å². The van der Waals surface area contributed by atoms with E-state index in [2.05, 4.69) is 73.1 Å². The van der Waals surface area contributed by atoms with E-state index in [1.54, 1.807) is 37.7 Å². The molecule has 0 N–H and O–H groups in total. The SMILES string of the molecule is CC(C)COC(=O)CCCC1(c2ccccc2)C2C3=CC4CC5CC6CC7=C8C9C(C7)CC7CC%10=CC21C1C%10C2C7C9C7C9C8C6C6C5C4C4C3C1C(C27)C4C96. The number of hydrogen-bond acceptors (Lipinski definition) is 2. The number of carbonyl (C=O) groups excluding carboxylic acids is 1. The third-order valence-electron chi connectivity index (χ3n) is 24.9.